The molecule has 6 bridgehead atoms. The zero-order valence-electron chi connectivity index (χ0n) is 49.8. The second-order valence-electron chi connectivity index (χ2n) is 27.1. The number of hydrogen-bond acceptors (Lipinski definition) is 14. The molecule has 18 heteroatoms. The zero-order valence-corrected chi connectivity index (χ0v) is 49.8. The van der Waals surface area contributed by atoms with Gasteiger partial charge in [-0.2, -0.15) is 0 Å². The summed E-state index contributed by atoms with van der Waals surface area (Å²) >= 11 is 0. The molecule has 0 spiro atoms. The molecule has 3 aromatic rings. The minimum atomic E-state index is -0.859. The van der Waals surface area contributed by atoms with E-state index in [-0.39, 0.29) is 54.4 Å². The lowest BCUT2D eigenvalue weighted by Crippen LogP contribution is -2.64. The van der Waals surface area contributed by atoms with Gasteiger partial charge in [-0.15, -0.1) is 0 Å². The fraction of sp³-hybridized carbons (Fsp3) is 0.703. The van der Waals surface area contributed by atoms with Crippen molar-refractivity contribution in [1.29, 1.82) is 0 Å². The van der Waals surface area contributed by atoms with E-state index in [1.165, 1.54) is 24.0 Å². The first-order valence-electron chi connectivity index (χ1n) is 31.7. The van der Waals surface area contributed by atoms with Gasteiger partial charge in [0.2, 0.25) is 11.8 Å². The molecule has 8 aliphatic heterocycles. The van der Waals surface area contributed by atoms with Gasteiger partial charge in [0.05, 0.1) is 61.3 Å². The fourth-order valence-corrected chi connectivity index (χ4v) is 16.2. The highest BCUT2D eigenvalue weighted by molar-refractivity contribution is 5.96. The third-order valence-electron chi connectivity index (χ3n) is 21.0. The average Bonchev–Trinajstić information content (AvgIpc) is 3.16. The van der Waals surface area contributed by atoms with Crippen LogP contribution in [0.4, 0.5) is 5.69 Å². The van der Waals surface area contributed by atoms with Crippen LogP contribution in [0.2, 0.25) is 0 Å². The second-order valence-corrected chi connectivity index (χ2v) is 27.1. The summed E-state index contributed by atoms with van der Waals surface area (Å²) in [4.78, 5) is 76.3. The van der Waals surface area contributed by atoms with Gasteiger partial charge in [-0.25, -0.2) is 5.43 Å². The molecule has 1 aromatic carbocycles. The fourth-order valence-electron chi connectivity index (χ4n) is 16.2. The molecule has 18 nitrogen and oxygen atoms in total. The van der Waals surface area contributed by atoms with Crippen LogP contribution in [0, 0.1) is 23.2 Å². The zero-order chi connectivity index (χ0) is 56.6. The number of anilines is 1. The predicted octanol–water partition coefficient (Wildman–Crippen LogP) is 5.77. The molecule has 10 aliphatic rings. The number of hydrogen-bond donors (Lipinski definition) is 3. The summed E-state index contributed by atoms with van der Waals surface area (Å²) in [5, 5.41) is 9.77. The molecule has 13 rings (SSSR count). The number of piperidine rings is 1. The number of methoxy groups -OCH3 is 1. The van der Waals surface area contributed by atoms with Crippen molar-refractivity contribution in [3.8, 4) is 11.3 Å². The monoisotopic (exact) mass is 1130 g/mol. The van der Waals surface area contributed by atoms with Gasteiger partial charge in [-0.1, -0.05) is 38.8 Å². The number of carbonyl (C=O) groups is 4. The first-order valence-corrected chi connectivity index (χ1v) is 31.7. The molecule has 10 heterocycles. The van der Waals surface area contributed by atoms with Crippen molar-refractivity contribution in [1.82, 2.24) is 50.2 Å². The minimum Gasteiger partial charge on any atom is -0.464 e. The van der Waals surface area contributed by atoms with Gasteiger partial charge in [0, 0.05) is 120 Å². The molecule has 0 radical (unpaired) electrons. The van der Waals surface area contributed by atoms with E-state index in [0.29, 0.717) is 62.8 Å². The lowest BCUT2D eigenvalue weighted by Gasteiger charge is -2.44. The van der Waals surface area contributed by atoms with Crippen LogP contribution in [-0.4, -0.2) is 199 Å². The molecule has 3 amide bonds. The van der Waals surface area contributed by atoms with Gasteiger partial charge in [0.15, 0.2) is 0 Å². The summed E-state index contributed by atoms with van der Waals surface area (Å²) in [5.74, 6) is 0.697. The number of aryl methyl sites for hydroxylation is 1. The molecule has 2 saturated carbocycles. The molecule has 3 N–H and O–H groups in total. The highest BCUT2D eigenvalue weighted by atomic mass is 16.5. The number of pyridine rings is 1. The Hall–Kier alpha value is -4.95. The number of esters is 1. The molecule has 2 aromatic heterocycles. The summed E-state index contributed by atoms with van der Waals surface area (Å²) in [5.41, 5.74) is 11.2. The number of hydrazine groups is 1. The average molecular weight is 1130 g/mol. The summed E-state index contributed by atoms with van der Waals surface area (Å²) in [7, 11) is 1.75. The van der Waals surface area contributed by atoms with E-state index in [1.54, 1.807) is 12.1 Å². The summed E-state index contributed by atoms with van der Waals surface area (Å²) in [6.45, 7) is 21.3. The van der Waals surface area contributed by atoms with Gasteiger partial charge in [-0.3, -0.25) is 49.2 Å². The topological polar surface area (TPSA) is 179 Å². The van der Waals surface area contributed by atoms with E-state index >= 15 is 9.59 Å². The molecular weight excluding hydrogens is 1030 g/mol. The van der Waals surface area contributed by atoms with Crippen LogP contribution in [0.3, 0.4) is 0 Å². The van der Waals surface area contributed by atoms with E-state index in [4.69, 9.17) is 19.2 Å². The Morgan fingerprint density at radius 3 is 2.56 bits per heavy atom. The lowest BCUT2D eigenvalue weighted by molar-refractivity contribution is -0.155. The Morgan fingerprint density at radius 2 is 1.76 bits per heavy atom. The molecule has 444 valence electrons. The number of carbonyl (C=O) groups excluding carboxylic acids is 4. The van der Waals surface area contributed by atoms with E-state index in [1.807, 2.05) is 6.20 Å². The standard InChI is InChI=1S/C64H91N11O7/c1-7-73-54-19-18-43-30-48(54)50(57(73)49-31-46(33-65-55(49)40(2)80-6)71-27-26-70-28-29-81-38-47(70)36-71)32-63(3,4)39-82-61(78)51-15-11-23-75(68-51)60(77)52(37-69-22-10-14-44(43)34-69)66-59(76)56(41-12-8-9-13-41)72-24-21-53-45(35-72)20-25-74(53)62(79)64(5)58(67-64)42-16-17-42/h14,18-19,30-31,33,40-42,45,47,51-53,56,58,67-68H,7-13,15-17,20-29,32,34-39H2,1-6H3,(H,66,76)/t40-,45?,47-,51-,52-,53?,56-,58+,64?/m0/s1. The van der Waals surface area contributed by atoms with Crippen molar-refractivity contribution < 1.29 is 33.4 Å². The Balaban J connectivity index is 0.813. The number of amides is 3. The third kappa shape index (κ3) is 10.8. The number of ether oxygens (including phenoxy) is 3. The number of cyclic esters (lactones) is 1. The number of nitrogens with zero attached hydrogens (tertiary/aromatic N) is 8. The second kappa shape index (κ2) is 22.8. The smallest absolute Gasteiger partial charge is 0.324 e. The van der Waals surface area contributed by atoms with Crippen molar-refractivity contribution in [2.75, 3.05) is 104 Å². The van der Waals surface area contributed by atoms with Crippen molar-refractivity contribution in [2.24, 2.45) is 23.2 Å². The van der Waals surface area contributed by atoms with Gasteiger partial charge in [0.25, 0.3) is 5.91 Å². The number of aromatic nitrogens is 2. The predicted molar refractivity (Wildman–Crippen MR) is 316 cm³/mol. The first-order chi connectivity index (χ1) is 39.7. The Morgan fingerprint density at radius 1 is 0.915 bits per heavy atom. The normalized spacial score (nSPS) is 31.9. The van der Waals surface area contributed by atoms with Crippen LogP contribution in [0.15, 0.2) is 36.5 Å². The quantitative estimate of drug-likeness (QED) is 0.156. The summed E-state index contributed by atoms with van der Waals surface area (Å²) in [6, 6.07) is 8.12. The molecular formula is C64H91N11O7. The number of morpholine rings is 1. The van der Waals surface area contributed by atoms with Gasteiger partial charge in [0.1, 0.15) is 17.6 Å². The van der Waals surface area contributed by atoms with Crippen molar-refractivity contribution in [3.63, 3.8) is 0 Å². The molecule has 10 atom stereocenters. The molecule has 2 aliphatic carbocycles. The molecule has 8 fully saturated rings. The van der Waals surface area contributed by atoms with E-state index in [0.717, 1.165) is 156 Å². The van der Waals surface area contributed by atoms with Crippen molar-refractivity contribution in [3.05, 3.63) is 53.4 Å². The maximum atomic E-state index is 15.4. The van der Waals surface area contributed by atoms with Gasteiger partial charge >= 0.3 is 5.97 Å². The number of nitrogens with one attached hydrogen (secondary N) is 3. The van der Waals surface area contributed by atoms with Crippen LogP contribution in [0.1, 0.15) is 128 Å². The number of likely N-dealkylation sites (tertiary alicyclic amines) is 2. The maximum Gasteiger partial charge on any atom is 0.324 e. The number of piperazine rings is 1. The number of benzene rings is 1. The summed E-state index contributed by atoms with van der Waals surface area (Å²) in [6.07, 6.45) is 15.0. The molecule has 82 heavy (non-hydrogen) atoms. The van der Waals surface area contributed by atoms with Crippen LogP contribution < -0.4 is 21.0 Å². The Kier molecular flexibility index (Phi) is 15.6. The lowest BCUT2D eigenvalue weighted by atomic mass is 9.84. The van der Waals surface area contributed by atoms with E-state index < -0.39 is 23.0 Å². The van der Waals surface area contributed by atoms with Crippen molar-refractivity contribution >= 4 is 45.9 Å². The SMILES string of the molecule is CCn1c(-c2cc(N3CCN4CCOC[C@@H]4C3)cnc2[C@H](C)OC)c2c3cc(ccc31)C1=CCCN(C1)C[C@H](NC(=O)[C@H](C1CCCC1)N1CCC3C(CCN3C(=O)C3(C)N[C@@H]3C3CC3)C1)C(=O)N1CCC[C@H](N1)C(=O)OCC(C)(C)C2. The van der Waals surface area contributed by atoms with Crippen LogP contribution in [-0.2, 0) is 46.4 Å². The van der Waals surface area contributed by atoms with E-state index in [2.05, 4.69) is 110 Å². The van der Waals surface area contributed by atoms with Gasteiger partial charge in [-0.05, 0) is 138 Å². The number of rotatable bonds is 11. The highest BCUT2D eigenvalue weighted by Gasteiger charge is 2.63. The van der Waals surface area contributed by atoms with Crippen LogP contribution in [0.5, 0.6) is 0 Å². The summed E-state index contributed by atoms with van der Waals surface area (Å²) < 4.78 is 20.8. The van der Waals surface area contributed by atoms with Crippen LogP contribution >= 0.6 is 0 Å². The first kappa shape index (κ1) is 56.2. The molecule has 6 saturated heterocycles. The highest BCUT2D eigenvalue weighted by Crippen LogP contribution is 2.48. The molecule has 4 unspecified atom stereocenters. The number of fused-ring (bicyclic) bond motifs is 8. The third-order valence-corrected chi connectivity index (χ3v) is 21.0. The van der Waals surface area contributed by atoms with Crippen LogP contribution in [0.25, 0.3) is 27.7 Å². The Bertz CT molecular complexity index is 2950. The van der Waals surface area contributed by atoms with Gasteiger partial charge < -0.3 is 33.9 Å². The maximum absolute atomic E-state index is 15.4. The largest absolute Gasteiger partial charge is 0.464 e. The minimum absolute atomic E-state index is 0.0823. The van der Waals surface area contributed by atoms with E-state index in [9.17, 15) is 9.59 Å². The Labute approximate surface area is 485 Å². The van der Waals surface area contributed by atoms with Crippen molar-refractivity contribution in [2.45, 2.75) is 166 Å².